The third-order valence-corrected chi connectivity index (χ3v) is 6.93. The Morgan fingerprint density at radius 3 is 2.58 bits per heavy atom. The number of hydrogen-bond acceptors (Lipinski definition) is 8. The largest absolute Gasteiger partial charge is 0.333 e. The van der Waals surface area contributed by atoms with Crippen molar-refractivity contribution in [2.75, 3.05) is 38.5 Å². The molecule has 31 heavy (non-hydrogen) atoms. The van der Waals surface area contributed by atoms with Gasteiger partial charge in [0.2, 0.25) is 5.78 Å². The van der Waals surface area contributed by atoms with Crippen LogP contribution in [0.25, 0.3) is 0 Å². The molecule has 0 saturated carbocycles. The van der Waals surface area contributed by atoms with Gasteiger partial charge in [0, 0.05) is 43.0 Å². The van der Waals surface area contributed by atoms with E-state index < -0.39 is 0 Å². The molecule has 5 rings (SSSR count). The van der Waals surface area contributed by atoms with E-state index in [1.165, 1.54) is 0 Å². The van der Waals surface area contributed by atoms with E-state index in [0.717, 1.165) is 53.0 Å². The van der Waals surface area contributed by atoms with Gasteiger partial charge in [0.25, 0.3) is 0 Å². The number of carbonyl (C=O) groups is 2. The molecule has 160 valence electrons. The number of benzene rings is 1. The molecule has 2 amide bonds. The summed E-state index contributed by atoms with van der Waals surface area (Å²) < 4.78 is 0. The molecule has 0 spiro atoms. The highest BCUT2D eigenvalue weighted by molar-refractivity contribution is 7.14. The second kappa shape index (κ2) is 7.63. The number of piperazine rings is 1. The van der Waals surface area contributed by atoms with Crippen LogP contribution in [-0.2, 0) is 0 Å². The summed E-state index contributed by atoms with van der Waals surface area (Å²) in [6.45, 7) is 7.19. The van der Waals surface area contributed by atoms with Gasteiger partial charge in [-0.1, -0.05) is 12.1 Å². The van der Waals surface area contributed by atoms with E-state index in [0.29, 0.717) is 17.0 Å². The summed E-state index contributed by atoms with van der Waals surface area (Å²) in [5, 5.41) is 14.4. The van der Waals surface area contributed by atoms with Crippen LogP contribution in [0.1, 0.15) is 37.4 Å². The fraction of sp³-hybridized carbons (Fsp3) is 0.381. The predicted molar refractivity (Wildman–Crippen MR) is 120 cm³/mol. The van der Waals surface area contributed by atoms with Crippen molar-refractivity contribution < 1.29 is 9.59 Å². The first-order valence-corrected chi connectivity index (χ1v) is 11.0. The van der Waals surface area contributed by atoms with Gasteiger partial charge in [0.15, 0.2) is 0 Å². The fourth-order valence-corrected chi connectivity index (χ4v) is 5.22. The number of hydrazine groups is 1. The number of anilines is 1. The summed E-state index contributed by atoms with van der Waals surface area (Å²) in [6.07, 6.45) is 0. The molecule has 1 saturated heterocycles. The molecule has 0 radical (unpaired) electrons. The van der Waals surface area contributed by atoms with Crippen molar-refractivity contribution in [3.05, 3.63) is 44.9 Å². The molecule has 0 bridgehead atoms. The highest BCUT2D eigenvalue weighted by Gasteiger charge is 2.45. The van der Waals surface area contributed by atoms with Crippen LogP contribution in [0.3, 0.4) is 0 Å². The smallest absolute Gasteiger partial charge is 0.307 e. The van der Waals surface area contributed by atoms with Gasteiger partial charge in [-0.25, -0.2) is 14.8 Å². The first kappa shape index (κ1) is 20.0. The predicted octanol–water partition coefficient (Wildman–Crippen LogP) is 2.18. The molecule has 1 aromatic heterocycles. The van der Waals surface area contributed by atoms with Gasteiger partial charge in [-0.15, -0.1) is 11.3 Å². The van der Waals surface area contributed by atoms with Crippen LogP contribution in [0.2, 0.25) is 0 Å². The average Bonchev–Trinajstić information content (AvgIpc) is 3.38. The summed E-state index contributed by atoms with van der Waals surface area (Å²) in [4.78, 5) is 33.3. The highest BCUT2D eigenvalue weighted by Crippen LogP contribution is 2.42. The molecule has 1 aliphatic carbocycles. The quantitative estimate of drug-likeness (QED) is 0.766. The third kappa shape index (κ3) is 3.46. The third-order valence-electron chi connectivity index (χ3n) is 5.83. The molecule has 1 unspecified atom stereocenters. The molecule has 3 aliphatic rings. The van der Waals surface area contributed by atoms with Crippen LogP contribution < -0.4 is 10.7 Å². The molecule has 2 aliphatic heterocycles. The molecule has 1 atom stereocenters. The number of thiazole rings is 1. The number of nitrogens with zero attached hydrogens (tertiary/aromatic N) is 5. The van der Waals surface area contributed by atoms with Crippen LogP contribution in [0.4, 0.5) is 10.5 Å². The van der Waals surface area contributed by atoms with Crippen molar-refractivity contribution in [1.29, 1.82) is 0 Å². The molecule has 2 aromatic rings. The zero-order chi connectivity index (χ0) is 21.7. The van der Waals surface area contributed by atoms with Gasteiger partial charge in [-0.2, -0.15) is 10.2 Å². The minimum atomic E-state index is -0.388. The van der Waals surface area contributed by atoms with E-state index in [2.05, 4.69) is 37.9 Å². The van der Waals surface area contributed by atoms with Crippen molar-refractivity contribution in [2.24, 2.45) is 10.2 Å². The van der Waals surface area contributed by atoms with Crippen molar-refractivity contribution in [3.63, 3.8) is 0 Å². The van der Waals surface area contributed by atoms with Crippen LogP contribution in [-0.4, -0.2) is 71.4 Å². The van der Waals surface area contributed by atoms with E-state index in [1.807, 2.05) is 24.9 Å². The fourth-order valence-electron chi connectivity index (χ4n) is 4.28. The number of urea groups is 1. The molecular formula is C21H23N7O2S. The topological polar surface area (TPSA) is 102 Å². The Bertz CT molecular complexity index is 1140. The first-order chi connectivity index (χ1) is 14.9. The summed E-state index contributed by atoms with van der Waals surface area (Å²) in [5.74, 6) is -0.526. The number of aromatic nitrogens is 1. The maximum absolute atomic E-state index is 13.0. The molecule has 10 heteroatoms. The Kier molecular flexibility index (Phi) is 4.92. The van der Waals surface area contributed by atoms with Crippen molar-refractivity contribution in [2.45, 2.75) is 19.8 Å². The number of nitrogens with one attached hydrogen (secondary N) is 2. The van der Waals surface area contributed by atoms with Gasteiger partial charge in [-0.05, 0) is 27.0 Å². The molecule has 2 N–H and O–H groups in total. The Morgan fingerprint density at radius 1 is 1.13 bits per heavy atom. The number of likely N-dealkylation sites (N-methyl/N-ethyl adjacent to an activating group) is 1. The minimum Gasteiger partial charge on any atom is -0.307 e. The van der Waals surface area contributed by atoms with Crippen molar-refractivity contribution in [3.8, 4) is 0 Å². The maximum Gasteiger partial charge on any atom is 0.333 e. The molecule has 1 fully saturated rings. The monoisotopic (exact) mass is 437 g/mol. The lowest BCUT2D eigenvalue weighted by Crippen LogP contribution is -2.53. The number of carbonyl (C=O) groups excluding carboxylic acids is 2. The van der Waals surface area contributed by atoms with Crippen molar-refractivity contribution in [1.82, 2.24) is 20.3 Å². The Labute approximate surface area is 183 Å². The summed E-state index contributed by atoms with van der Waals surface area (Å²) in [6, 6.07) is 5.06. The lowest BCUT2D eigenvalue weighted by Gasteiger charge is -2.32. The van der Waals surface area contributed by atoms with Crippen molar-refractivity contribution >= 4 is 40.3 Å². The lowest BCUT2D eigenvalue weighted by molar-refractivity contribution is 0.106. The number of Topliss-reactive ketones (excluding diaryl/α,β-unsaturated/α-hetero) is 1. The van der Waals surface area contributed by atoms with Gasteiger partial charge in [-0.3, -0.25) is 10.2 Å². The maximum atomic E-state index is 13.0. The Morgan fingerprint density at radius 2 is 1.87 bits per heavy atom. The number of amides is 2. The first-order valence-electron chi connectivity index (χ1n) is 10.2. The van der Waals surface area contributed by atoms with E-state index in [4.69, 9.17) is 0 Å². The zero-order valence-corrected chi connectivity index (χ0v) is 18.4. The molecule has 1 aromatic carbocycles. The van der Waals surface area contributed by atoms with Gasteiger partial charge >= 0.3 is 6.03 Å². The van der Waals surface area contributed by atoms with Gasteiger partial charge < -0.3 is 10.2 Å². The number of ketones is 1. The standard InChI is InChI=1S/C21H23N7O2S/c1-11-20(31-12(2)22-11)18-16-15-13(19(29)17(16)24-25-18)5-4-6-14(15)23-21(30)26-28-9-7-27(3)8-10-28/h4-6,16H,7-10H2,1-3H3,(H2,23,26,30). The molecule has 3 heterocycles. The van der Waals surface area contributed by atoms with E-state index >= 15 is 0 Å². The van der Waals surface area contributed by atoms with E-state index in [9.17, 15) is 9.59 Å². The van der Waals surface area contributed by atoms with Crippen LogP contribution >= 0.6 is 11.3 Å². The van der Waals surface area contributed by atoms with Crippen LogP contribution in [0.5, 0.6) is 0 Å². The van der Waals surface area contributed by atoms with Gasteiger partial charge in [0.1, 0.15) is 5.71 Å². The number of aryl methyl sites for hydroxylation is 2. The highest BCUT2D eigenvalue weighted by atomic mass is 32.1. The van der Waals surface area contributed by atoms with E-state index in [1.54, 1.807) is 23.5 Å². The number of rotatable bonds is 3. The second-order valence-corrected chi connectivity index (χ2v) is 9.21. The number of fused-ring (bicyclic) bond motifs is 3. The zero-order valence-electron chi connectivity index (χ0n) is 17.6. The minimum absolute atomic E-state index is 0.138. The second-order valence-electron chi connectivity index (χ2n) is 8.00. The Balaban J connectivity index is 1.43. The summed E-state index contributed by atoms with van der Waals surface area (Å²) in [7, 11) is 2.06. The summed E-state index contributed by atoms with van der Waals surface area (Å²) in [5.41, 5.74) is 6.82. The van der Waals surface area contributed by atoms with Crippen LogP contribution in [0.15, 0.2) is 28.4 Å². The molecule has 9 nitrogen and oxygen atoms in total. The van der Waals surface area contributed by atoms with E-state index in [-0.39, 0.29) is 17.7 Å². The number of hydrogen-bond donors (Lipinski definition) is 2. The van der Waals surface area contributed by atoms with Gasteiger partial charge in [0.05, 0.1) is 27.2 Å². The average molecular weight is 438 g/mol. The van der Waals surface area contributed by atoms with Crippen LogP contribution in [0, 0.1) is 13.8 Å². The lowest BCUT2D eigenvalue weighted by atomic mass is 9.92. The SMILES string of the molecule is Cc1nc(C)c(C2=NN=C3C(=O)c4cccc(NC(=O)NN5CCN(C)CC5)c4C32)s1. The molecular weight excluding hydrogens is 414 g/mol. The summed E-state index contributed by atoms with van der Waals surface area (Å²) >= 11 is 1.54. The normalized spacial score (nSPS) is 20.9. The Hall–Kier alpha value is -2.95.